The van der Waals surface area contributed by atoms with Crippen LogP contribution in [0.2, 0.25) is 0 Å². The summed E-state index contributed by atoms with van der Waals surface area (Å²) in [6.07, 6.45) is 13.3. The van der Waals surface area contributed by atoms with Gasteiger partial charge in [-0.3, -0.25) is 4.79 Å². The molecular formula is C19H30O. The van der Waals surface area contributed by atoms with Gasteiger partial charge in [-0.25, -0.2) is 0 Å². The number of rotatable bonds is 8. The van der Waals surface area contributed by atoms with E-state index in [9.17, 15) is 4.79 Å². The van der Waals surface area contributed by atoms with Crippen LogP contribution in [0.3, 0.4) is 0 Å². The molecule has 0 rings (SSSR count). The highest BCUT2D eigenvalue weighted by molar-refractivity contribution is 5.64. The van der Waals surface area contributed by atoms with Gasteiger partial charge in [-0.2, -0.15) is 0 Å². The molecular weight excluding hydrogens is 244 g/mol. The summed E-state index contributed by atoms with van der Waals surface area (Å²) in [4.78, 5) is 10.3. The first kappa shape index (κ1) is 18.6. The topological polar surface area (TPSA) is 17.1 Å². The molecule has 2 atom stereocenters. The summed E-state index contributed by atoms with van der Waals surface area (Å²) in [5, 5.41) is 0. The zero-order chi connectivity index (χ0) is 15.5. The highest BCUT2D eigenvalue weighted by atomic mass is 16.1. The number of carbonyl (C=O) groups excluding carboxylic acids is 1. The maximum Gasteiger partial charge on any atom is 0.142 e. The fraction of sp³-hybridized carbons (Fsp3) is 0.526. The Labute approximate surface area is 125 Å². The number of carbonyl (C=O) groups is 1. The first-order chi connectivity index (χ1) is 9.38. The van der Waals surface area contributed by atoms with Gasteiger partial charge < -0.3 is 0 Å². The lowest BCUT2D eigenvalue weighted by Crippen LogP contribution is -2.02. The van der Waals surface area contributed by atoms with E-state index >= 15 is 0 Å². The van der Waals surface area contributed by atoms with Crippen molar-refractivity contribution in [3.8, 4) is 0 Å². The monoisotopic (exact) mass is 274 g/mol. The molecule has 1 nitrogen and oxygen atoms in total. The van der Waals surface area contributed by atoms with Crippen LogP contribution in [0.25, 0.3) is 0 Å². The quantitative estimate of drug-likeness (QED) is 0.317. The minimum absolute atomic E-state index is 0.463. The van der Waals surface area contributed by atoms with Crippen molar-refractivity contribution in [1.82, 2.24) is 0 Å². The third-order valence-corrected chi connectivity index (χ3v) is 3.35. The van der Waals surface area contributed by atoms with Gasteiger partial charge in [0.1, 0.15) is 6.29 Å². The van der Waals surface area contributed by atoms with Crippen LogP contribution in [0.1, 0.15) is 54.4 Å². The Morgan fingerprint density at radius 1 is 1.05 bits per heavy atom. The first-order valence-corrected chi connectivity index (χ1v) is 7.49. The molecule has 0 bridgehead atoms. The van der Waals surface area contributed by atoms with E-state index < -0.39 is 0 Å². The van der Waals surface area contributed by atoms with Crippen LogP contribution in [0, 0.1) is 11.8 Å². The predicted octanol–water partition coefficient (Wildman–Crippen LogP) is 5.65. The Morgan fingerprint density at radius 2 is 1.70 bits per heavy atom. The molecule has 112 valence electrons. The van der Waals surface area contributed by atoms with Gasteiger partial charge in [0.15, 0.2) is 0 Å². The summed E-state index contributed by atoms with van der Waals surface area (Å²) in [6.45, 7) is 13.0. The molecule has 0 aliphatic carbocycles. The molecule has 0 amide bonds. The lowest BCUT2D eigenvalue weighted by molar-refractivity contribution is -0.104. The summed E-state index contributed by atoms with van der Waals surface area (Å²) in [5.41, 5.74) is 4.02. The molecule has 0 unspecified atom stereocenters. The largest absolute Gasteiger partial charge is 0.299 e. The zero-order valence-corrected chi connectivity index (χ0v) is 13.9. The van der Waals surface area contributed by atoms with E-state index in [2.05, 4.69) is 59.8 Å². The lowest BCUT2D eigenvalue weighted by atomic mass is 9.91. The molecule has 0 saturated heterocycles. The Bertz CT molecular complexity index is 407. The smallest absolute Gasteiger partial charge is 0.142 e. The van der Waals surface area contributed by atoms with Crippen LogP contribution in [-0.4, -0.2) is 6.29 Å². The lowest BCUT2D eigenvalue weighted by Gasteiger charge is -2.15. The maximum absolute atomic E-state index is 10.3. The van der Waals surface area contributed by atoms with Gasteiger partial charge in [-0.05, 0) is 58.4 Å². The molecule has 0 aliphatic heterocycles. The second-order valence-corrected chi connectivity index (χ2v) is 5.96. The van der Waals surface area contributed by atoms with E-state index in [1.807, 2.05) is 6.08 Å². The summed E-state index contributed by atoms with van der Waals surface area (Å²) >= 11 is 0. The fourth-order valence-corrected chi connectivity index (χ4v) is 2.51. The van der Waals surface area contributed by atoms with Gasteiger partial charge in [0.05, 0.1) is 0 Å². The zero-order valence-electron chi connectivity index (χ0n) is 13.9. The Balaban J connectivity index is 4.44. The SMILES string of the molecule is C/C=C(C)/C=C(C)/C=C(\C)C[C@H](C)C[C@H](C)/C=C/C=O. The fourth-order valence-electron chi connectivity index (χ4n) is 2.51. The van der Waals surface area contributed by atoms with Crippen LogP contribution in [-0.2, 0) is 4.79 Å². The van der Waals surface area contributed by atoms with Gasteiger partial charge in [0.25, 0.3) is 0 Å². The molecule has 0 aliphatic rings. The normalized spacial score (nSPS) is 17.4. The van der Waals surface area contributed by atoms with Gasteiger partial charge in [0, 0.05) is 0 Å². The number of aldehydes is 1. The van der Waals surface area contributed by atoms with E-state index in [4.69, 9.17) is 0 Å². The summed E-state index contributed by atoms with van der Waals surface area (Å²) in [7, 11) is 0. The van der Waals surface area contributed by atoms with Crippen LogP contribution in [0.5, 0.6) is 0 Å². The molecule has 0 aromatic heterocycles. The third-order valence-electron chi connectivity index (χ3n) is 3.35. The molecule has 0 aromatic rings. The average molecular weight is 274 g/mol. The number of hydrogen-bond acceptors (Lipinski definition) is 1. The van der Waals surface area contributed by atoms with E-state index in [0.717, 1.165) is 19.1 Å². The van der Waals surface area contributed by atoms with Crippen molar-refractivity contribution in [2.45, 2.75) is 54.4 Å². The van der Waals surface area contributed by atoms with Gasteiger partial charge >= 0.3 is 0 Å². The molecule has 0 fully saturated rings. The first-order valence-electron chi connectivity index (χ1n) is 7.49. The molecule has 1 heteroatoms. The molecule has 0 heterocycles. The predicted molar refractivity (Wildman–Crippen MR) is 89.7 cm³/mol. The third kappa shape index (κ3) is 9.55. The molecule has 20 heavy (non-hydrogen) atoms. The minimum Gasteiger partial charge on any atom is -0.299 e. The summed E-state index contributed by atoms with van der Waals surface area (Å²) in [6, 6.07) is 0. The number of hydrogen-bond donors (Lipinski definition) is 0. The molecule has 0 radical (unpaired) electrons. The van der Waals surface area contributed by atoms with Crippen molar-refractivity contribution >= 4 is 6.29 Å². The minimum atomic E-state index is 0.463. The van der Waals surface area contributed by atoms with Crippen LogP contribution >= 0.6 is 0 Å². The Kier molecular flexibility index (Phi) is 9.71. The number of allylic oxidation sites excluding steroid dienone is 8. The van der Waals surface area contributed by atoms with E-state index in [1.54, 1.807) is 6.08 Å². The standard InChI is InChI=1S/C19H30O/c1-7-15(2)11-17(4)13-19(6)14-18(5)12-16(3)9-8-10-20/h7-11,13,16,18H,12,14H2,1-6H3/b9-8+,15-7+,17-11+,19-13+/t16-,18-/m1/s1. The van der Waals surface area contributed by atoms with Crippen LogP contribution < -0.4 is 0 Å². The second-order valence-electron chi connectivity index (χ2n) is 5.96. The summed E-state index contributed by atoms with van der Waals surface area (Å²) in [5.74, 6) is 1.10. The second kappa shape index (κ2) is 10.4. The van der Waals surface area contributed by atoms with Crippen molar-refractivity contribution in [3.05, 3.63) is 47.1 Å². The molecule has 0 aromatic carbocycles. The van der Waals surface area contributed by atoms with Gasteiger partial charge in [-0.15, -0.1) is 0 Å². The molecule has 0 spiro atoms. The average Bonchev–Trinajstić information content (AvgIpc) is 2.35. The molecule has 0 saturated carbocycles. The van der Waals surface area contributed by atoms with Gasteiger partial charge in [0.2, 0.25) is 0 Å². The van der Waals surface area contributed by atoms with Crippen molar-refractivity contribution in [2.75, 3.05) is 0 Å². The Morgan fingerprint density at radius 3 is 2.25 bits per heavy atom. The Hall–Kier alpha value is -1.37. The summed E-state index contributed by atoms with van der Waals surface area (Å²) < 4.78 is 0. The van der Waals surface area contributed by atoms with Crippen molar-refractivity contribution in [2.24, 2.45) is 11.8 Å². The van der Waals surface area contributed by atoms with Crippen molar-refractivity contribution in [1.29, 1.82) is 0 Å². The highest BCUT2D eigenvalue weighted by Crippen LogP contribution is 2.21. The van der Waals surface area contributed by atoms with Crippen LogP contribution in [0.15, 0.2) is 47.1 Å². The van der Waals surface area contributed by atoms with Gasteiger partial charge in [-0.1, -0.05) is 54.9 Å². The van der Waals surface area contributed by atoms with Crippen LogP contribution in [0.4, 0.5) is 0 Å². The van der Waals surface area contributed by atoms with E-state index in [-0.39, 0.29) is 0 Å². The maximum atomic E-state index is 10.3. The van der Waals surface area contributed by atoms with E-state index in [0.29, 0.717) is 11.8 Å². The highest BCUT2D eigenvalue weighted by Gasteiger charge is 2.07. The van der Waals surface area contributed by atoms with E-state index in [1.165, 1.54) is 16.7 Å². The van der Waals surface area contributed by atoms with Crippen molar-refractivity contribution < 1.29 is 4.79 Å². The van der Waals surface area contributed by atoms with Crippen molar-refractivity contribution in [3.63, 3.8) is 0 Å². The molecule has 0 N–H and O–H groups in total.